The van der Waals surface area contributed by atoms with Crippen molar-refractivity contribution >= 4 is 61.8 Å². The second-order valence-corrected chi connectivity index (χ2v) is 7.80. The van der Waals surface area contributed by atoms with Crippen molar-refractivity contribution in [3.05, 3.63) is 74.7 Å². The molecule has 8 heteroatoms. The van der Waals surface area contributed by atoms with Crippen LogP contribution in [0.3, 0.4) is 0 Å². The number of carbonyl (C=O) groups is 1. The topological polar surface area (TPSA) is 64.4 Å². The van der Waals surface area contributed by atoms with Crippen LogP contribution in [0.5, 0.6) is 5.75 Å². The van der Waals surface area contributed by atoms with Gasteiger partial charge in [-0.3, -0.25) is 4.79 Å². The van der Waals surface area contributed by atoms with E-state index in [9.17, 15) is 4.79 Å². The number of hydrogen-bond donors (Lipinski definition) is 1. The number of benzene rings is 3. The molecule has 0 atom stereocenters. The van der Waals surface area contributed by atoms with Gasteiger partial charge in [0.1, 0.15) is 11.3 Å². The van der Waals surface area contributed by atoms with Gasteiger partial charge in [0.25, 0.3) is 5.91 Å². The van der Waals surface area contributed by atoms with Crippen molar-refractivity contribution in [3.63, 3.8) is 0 Å². The molecule has 1 N–H and O–H groups in total. The Morgan fingerprint density at radius 3 is 2.76 bits per heavy atom. The third kappa shape index (κ3) is 3.96. The molecule has 146 valence electrons. The number of aromatic nitrogens is 1. The molecular weight excluding hydrogens is 479 g/mol. The molecule has 1 amide bonds. The smallest absolute Gasteiger partial charge is 0.259 e. The zero-order valence-corrected chi connectivity index (χ0v) is 18.1. The molecule has 0 fully saturated rings. The normalized spacial score (nSPS) is 10.9. The van der Waals surface area contributed by atoms with E-state index < -0.39 is 0 Å². The van der Waals surface area contributed by atoms with E-state index >= 15 is 0 Å². The molecule has 1 aromatic heterocycles. The van der Waals surface area contributed by atoms with Gasteiger partial charge in [0.15, 0.2) is 5.58 Å². The van der Waals surface area contributed by atoms with Crippen LogP contribution in [-0.2, 0) is 0 Å². The van der Waals surface area contributed by atoms with Gasteiger partial charge in [-0.1, -0.05) is 45.2 Å². The molecule has 1 heterocycles. The molecular formula is C21H13BrCl2N2O3. The molecule has 29 heavy (non-hydrogen) atoms. The van der Waals surface area contributed by atoms with Crippen molar-refractivity contribution in [2.24, 2.45) is 0 Å². The molecule has 0 aliphatic heterocycles. The van der Waals surface area contributed by atoms with Crippen LogP contribution in [0.15, 0.2) is 63.5 Å². The molecule has 0 saturated heterocycles. The average Bonchev–Trinajstić information content (AvgIpc) is 3.13. The van der Waals surface area contributed by atoms with Crippen LogP contribution in [0.1, 0.15) is 10.4 Å². The van der Waals surface area contributed by atoms with Crippen LogP contribution in [0.4, 0.5) is 5.69 Å². The quantitative estimate of drug-likeness (QED) is 0.340. The number of nitrogens with zero attached hydrogens (tertiary/aromatic N) is 1. The Balaban J connectivity index is 1.65. The number of carbonyl (C=O) groups excluding carboxylic acids is 1. The molecule has 0 aliphatic rings. The number of rotatable bonds is 4. The molecule has 4 aromatic rings. The fraction of sp³-hybridized carbons (Fsp3) is 0.0476. The van der Waals surface area contributed by atoms with Gasteiger partial charge in [-0.05, 0) is 48.5 Å². The van der Waals surface area contributed by atoms with Gasteiger partial charge in [0.05, 0.1) is 28.3 Å². The summed E-state index contributed by atoms with van der Waals surface area (Å²) in [5.41, 5.74) is 2.72. The highest BCUT2D eigenvalue weighted by molar-refractivity contribution is 9.10. The Bertz CT molecular complexity index is 1240. The van der Waals surface area contributed by atoms with Crippen molar-refractivity contribution < 1.29 is 13.9 Å². The first-order valence-electron chi connectivity index (χ1n) is 8.46. The summed E-state index contributed by atoms with van der Waals surface area (Å²) in [6.07, 6.45) is 0. The lowest BCUT2D eigenvalue weighted by Crippen LogP contribution is -2.13. The van der Waals surface area contributed by atoms with E-state index in [2.05, 4.69) is 26.2 Å². The lowest BCUT2D eigenvalue weighted by atomic mass is 10.2. The number of fused-ring (bicyclic) bond motifs is 1. The fourth-order valence-corrected chi connectivity index (χ4v) is 3.59. The minimum Gasteiger partial charge on any atom is -0.496 e. The van der Waals surface area contributed by atoms with E-state index in [0.717, 1.165) is 4.47 Å². The van der Waals surface area contributed by atoms with Gasteiger partial charge in [-0.2, -0.15) is 0 Å². The predicted molar refractivity (Wildman–Crippen MR) is 118 cm³/mol. The number of nitrogens with one attached hydrogen (secondary N) is 1. The molecule has 4 rings (SSSR count). The summed E-state index contributed by atoms with van der Waals surface area (Å²) in [6, 6.07) is 15.7. The molecule has 0 bridgehead atoms. The summed E-state index contributed by atoms with van der Waals surface area (Å²) in [7, 11) is 1.52. The lowest BCUT2D eigenvalue weighted by Gasteiger charge is -2.09. The highest BCUT2D eigenvalue weighted by atomic mass is 79.9. The van der Waals surface area contributed by atoms with Crippen LogP contribution < -0.4 is 10.1 Å². The first-order valence-corrected chi connectivity index (χ1v) is 10.0. The number of anilines is 1. The summed E-state index contributed by atoms with van der Waals surface area (Å²) in [5, 5.41) is 3.64. The van der Waals surface area contributed by atoms with E-state index in [-0.39, 0.29) is 5.91 Å². The molecule has 0 saturated carbocycles. The Kier molecular flexibility index (Phi) is 5.50. The molecule has 0 aliphatic carbocycles. The van der Waals surface area contributed by atoms with E-state index in [1.54, 1.807) is 54.6 Å². The highest BCUT2D eigenvalue weighted by Gasteiger charge is 2.16. The Morgan fingerprint density at radius 2 is 1.97 bits per heavy atom. The SMILES string of the molecule is COc1ccc(Br)cc1C(=O)Nc1ccc2oc(-c3cccc(Cl)c3Cl)nc2c1. The maximum Gasteiger partial charge on any atom is 0.259 e. The van der Waals surface area contributed by atoms with E-state index in [1.165, 1.54) is 7.11 Å². The number of halogens is 3. The number of hydrogen-bond acceptors (Lipinski definition) is 4. The largest absolute Gasteiger partial charge is 0.496 e. The first-order chi connectivity index (χ1) is 14.0. The van der Waals surface area contributed by atoms with E-state index in [4.69, 9.17) is 32.4 Å². The monoisotopic (exact) mass is 490 g/mol. The zero-order valence-electron chi connectivity index (χ0n) is 15.0. The van der Waals surface area contributed by atoms with Gasteiger partial charge >= 0.3 is 0 Å². The number of methoxy groups -OCH3 is 1. The van der Waals surface area contributed by atoms with Crippen LogP contribution in [-0.4, -0.2) is 18.0 Å². The second-order valence-electron chi connectivity index (χ2n) is 6.10. The Morgan fingerprint density at radius 1 is 1.14 bits per heavy atom. The molecule has 5 nitrogen and oxygen atoms in total. The van der Waals surface area contributed by atoms with Crippen molar-refractivity contribution in [2.75, 3.05) is 12.4 Å². The van der Waals surface area contributed by atoms with Crippen molar-refractivity contribution in [1.82, 2.24) is 4.98 Å². The third-order valence-corrected chi connectivity index (χ3v) is 5.55. The van der Waals surface area contributed by atoms with Crippen molar-refractivity contribution in [2.45, 2.75) is 0 Å². The third-order valence-electron chi connectivity index (χ3n) is 4.23. The van der Waals surface area contributed by atoms with Gasteiger partial charge in [0.2, 0.25) is 5.89 Å². The fourth-order valence-electron chi connectivity index (χ4n) is 2.85. The van der Waals surface area contributed by atoms with Gasteiger partial charge < -0.3 is 14.5 Å². The summed E-state index contributed by atoms with van der Waals surface area (Å²) in [4.78, 5) is 17.2. The maximum atomic E-state index is 12.7. The second kappa shape index (κ2) is 8.06. The van der Waals surface area contributed by atoms with Crippen LogP contribution in [0.2, 0.25) is 10.0 Å². The summed E-state index contributed by atoms with van der Waals surface area (Å²) in [5.74, 6) is 0.528. The molecule has 0 radical (unpaired) electrons. The van der Waals surface area contributed by atoms with Crippen molar-refractivity contribution in [3.8, 4) is 17.2 Å². The predicted octanol–water partition coefficient (Wildman–Crippen LogP) is 6.83. The number of amides is 1. The van der Waals surface area contributed by atoms with Gasteiger partial charge in [-0.25, -0.2) is 4.98 Å². The summed E-state index contributed by atoms with van der Waals surface area (Å²) in [6.45, 7) is 0. The van der Waals surface area contributed by atoms with Gasteiger partial charge in [-0.15, -0.1) is 0 Å². The molecule has 0 unspecified atom stereocenters. The van der Waals surface area contributed by atoms with Crippen LogP contribution in [0.25, 0.3) is 22.6 Å². The van der Waals surface area contributed by atoms with E-state index in [0.29, 0.717) is 49.6 Å². The zero-order chi connectivity index (χ0) is 20.5. The Hall–Kier alpha value is -2.54. The lowest BCUT2D eigenvalue weighted by molar-refractivity contribution is 0.102. The standard InChI is InChI=1S/C21H13BrCl2N2O3/c1-28-17-7-5-11(22)9-14(17)20(27)25-12-6-8-18-16(10-12)26-21(29-18)13-3-2-4-15(23)19(13)24/h2-10H,1H3,(H,25,27). The average molecular weight is 492 g/mol. The number of oxazole rings is 1. The minimum absolute atomic E-state index is 0.302. The summed E-state index contributed by atoms with van der Waals surface area (Å²) >= 11 is 15.7. The minimum atomic E-state index is -0.302. The first kappa shape index (κ1) is 19.8. The van der Waals surface area contributed by atoms with Crippen LogP contribution >= 0.6 is 39.1 Å². The van der Waals surface area contributed by atoms with Gasteiger partial charge in [0, 0.05) is 10.2 Å². The summed E-state index contributed by atoms with van der Waals surface area (Å²) < 4.78 is 11.8. The van der Waals surface area contributed by atoms with Crippen molar-refractivity contribution in [1.29, 1.82) is 0 Å². The van der Waals surface area contributed by atoms with Crippen LogP contribution in [0, 0.1) is 0 Å². The highest BCUT2D eigenvalue weighted by Crippen LogP contribution is 2.35. The Labute approximate surface area is 184 Å². The maximum absolute atomic E-state index is 12.7. The van der Waals surface area contributed by atoms with E-state index in [1.807, 2.05) is 0 Å². The molecule has 3 aromatic carbocycles. The molecule has 0 spiro atoms. The number of ether oxygens (including phenoxy) is 1.